The molecular weight excluding hydrogens is 938 g/mol. The standard InChI is InChI=1S/C52H32N8.C7H16O2.Ga.H2O/c1-25-9-5-13-29-17-37-41(21-33(25)29)49-53-45(37)58-50-43-23-35-27(3)11-7-15-31(35)19-39(43)47(55-50)60-52-44-24-36-28(4)12-8-16-32(36)20-40(44)48(56-52)59-51-42-22-34-26(2)10-6-14-30(34)18-38(42)46(54-51)57-49;1-7(2)3-5-9-6-4-8;;/h5-24H,1-4H3;7-8H,3-6H2,1-2H3;;1H2/q-2;;+2;. The summed E-state index contributed by atoms with van der Waals surface area (Å²) in [4.78, 5) is 33.3. The van der Waals surface area contributed by atoms with Gasteiger partial charge in [-0.2, -0.15) is 0 Å². The third-order valence-corrected chi connectivity index (χ3v) is 17.4. The van der Waals surface area contributed by atoms with Gasteiger partial charge in [-0.15, -0.1) is 0 Å². The molecular formula is C59H50GaN8O3. The summed E-state index contributed by atoms with van der Waals surface area (Å²) in [5.41, 5.74) is 10.5. The van der Waals surface area contributed by atoms with Crippen LogP contribution in [-0.2, 0) is 4.74 Å². The van der Waals surface area contributed by atoms with Crippen molar-refractivity contribution in [3.63, 3.8) is 0 Å². The molecule has 6 heterocycles. The molecule has 4 aliphatic rings. The van der Waals surface area contributed by atoms with Gasteiger partial charge in [-0.3, -0.25) is 0 Å². The number of amidine groups is 4. The molecule has 6 bridgehead atoms. The Labute approximate surface area is 417 Å². The van der Waals surface area contributed by atoms with E-state index in [2.05, 4.69) is 169 Å². The summed E-state index contributed by atoms with van der Waals surface area (Å²) in [5.74, 6) is 5.05. The van der Waals surface area contributed by atoms with Gasteiger partial charge in [0.15, 0.2) is 0 Å². The topological polar surface area (TPSA) is 145 Å². The van der Waals surface area contributed by atoms with E-state index in [4.69, 9.17) is 39.8 Å². The molecule has 0 amide bonds. The number of rotatable bonds is 5. The smallest absolute Gasteiger partial charge is 0.412 e. The zero-order chi connectivity index (χ0) is 47.5. The molecule has 0 aliphatic carbocycles. The van der Waals surface area contributed by atoms with Crippen LogP contribution in [0.15, 0.2) is 151 Å². The molecule has 0 saturated carbocycles. The molecule has 8 aromatic carbocycles. The van der Waals surface area contributed by atoms with Crippen molar-refractivity contribution in [2.45, 2.75) is 48.0 Å². The Kier molecular flexibility index (Phi) is 10.9. The Balaban J connectivity index is 0.000000475. The van der Waals surface area contributed by atoms with Crippen LogP contribution in [0.3, 0.4) is 0 Å². The van der Waals surface area contributed by atoms with E-state index in [1.165, 1.54) is 43.8 Å². The molecule has 0 spiro atoms. The fourth-order valence-electron chi connectivity index (χ4n) is 10.6. The fraction of sp³-hybridized carbons (Fsp3) is 0.186. The summed E-state index contributed by atoms with van der Waals surface area (Å²) < 4.78 is 9.85. The molecule has 12 heteroatoms. The predicted molar refractivity (Wildman–Crippen MR) is 291 cm³/mol. The zero-order valence-electron chi connectivity index (χ0n) is 40.5. The molecule has 3 N–H and O–H groups in total. The van der Waals surface area contributed by atoms with Gasteiger partial charge >= 0.3 is 359 Å². The second-order valence-corrected chi connectivity index (χ2v) is 22.1. The molecule has 1 radical (unpaired) electrons. The molecule has 0 saturated heterocycles. The van der Waals surface area contributed by atoms with Gasteiger partial charge in [0, 0.05) is 6.61 Å². The van der Waals surface area contributed by atoms with Crippen LogP contribution in [0.25, 0.3) is 64.6 Å². The molecule has 0 fully saturated rings. The zero-order valence-corrected chi connectivity index (χ0v) is 42.9. The van der Waals surface area contributed by atoms with E-state index >= 15 is 0 Å². The van der Waals surface area contributed by atoms with Gasteiger partial charge in [0.25, 0.3) is 0 Å². The van der Waals surface area contributed by atoms with Crippen molar-refractivity contribution in [1.82, 2.24) is 6.55 Å². The molecule has 0 atom stereocenters. The normalized spacial score (nSPS) is 14.0. The number of hydrogen-bond donors (Lipinski definition) is 1. The number of nitrogens with zero attached hydrogens (tertiary/aromatic N) is 8. The van der Waals surface area contributed by atoms with Crippen molar-refractivity contribution in [1.29, 1.82) is 0 Å². The quantitative estimate of drug-likeness (QED) is 0.135. The second kappa shape index (κ2) is 17.2. The van der Waals surface area contributed by atoms with Crippen molar-refractivity contribution in [3.05, 3.63) is 177 Å². The minimum absolute atomic E-state index is 0. The van der Waals surface area contributed by atoms with E-state index in [0.29, 0.717) is 35.9 Å². The number of hydrogen-bond acceptors (Lipinski definition) is 8. The average Bonchev–Trinajstić information content (AvgIpc) is 4.03. The maximum absolute atomic E-state index is 8.31. The molecule has 2 aromatic heterocycles. The average molecular weight is 989 g/mol. The molecule has 4 aliphatic heterocycles. The summed E-state index contributed by atoms with van der Waals surface area (Å²) >= 11 is -1.81. The summed E-state index contributed by atoms with van der Waals surface area (Å²) in [6.07, 6.45) is 1.08. The Bertz CT molecular complexity index is 4230. The minimum atomic E-state index is -1.81. The Hall–Kier alpha value is -7.32. The number of aliphatic hydroxyl groups is 1. The van der Waals surface area contributed by atoms with Gasteiger partial charge in [0.1, 0.15) is 0 Å². The van der Waals surface area contributed by atoms with Gasteiger partial charge in [-0.05, 0) is 12.3 Å². The van der Waals surface area contributed by atoms with Crippen molar-refractivity contribution in [2.24, 2.45) is 35.9 Å². The SMILES string of the molecule is CC(C)CCOCCO.Cc1cccc2cc3c(cc12)C1=NC3=Nc2c3cc4c(C)cccc4cc3c3[n]2[Ga][n]2c(c4cc5cccc(C)c5cc4c2=NC2=NC(=N3)c3cc4c(C)cccc4cc32)=N1.O. The first-order valence-electron chi connectivity index (χ1n) is 24.1. The maximum Gasteiger partial charge on any atom is -0.412 e. The van der Waals surface area contributed by atoms with E-state index in [9.17, 15) is 0 Å². The maximum atomic E-state index is 8.31. The van der Waals surface area contributed by atoms with Gasteiger partial charge in [-0.1, -0.05) is 13.8 Å². The first-order chi connectivity index (χ1) is 34.1. The predicted octanol–water partition coefficient (Wildman–Crippen LogP) is 10.5. The van der Waals surface area contributed by atoms with E-state index in [1.807, 2.05) is 0 Å². The third-order valence-electron chi connectivity index (χ3n) is 14.4. The van der Waals surface area contributed by atoms with Crippen molar-refractivity contribution in [2.75, 3.05) is 19.8 Å². The number of aliphatic imine (C=N–C) groups is 4. The molecule has 0 unspecified atom stereocenters. The van der Waals surface area contributed by atoms with Crippen LogP contribution in [-0.4, -0.2) is 78.2 Å². The minimum Gasteiger partial charge on any atom is -0.412 e. The number of aliphatic hydroxyl groups excluding tert-OH is 1. The first kappa shape index (κ1) is 44.9. The van der Waals surface area contributed by atoms with E-state index in [1.54, 1.807) is 0 Å². The Morgan fingerprint density at radius 2 is 0.845 bits per heavy atom. The van der Waals surface area contributed by atoms with Crippen LogP contribution in [0.5, 0.6) is 0 Å². The number of benzene rings is 8. The first-order valence-corrected chi connectivity index (χ1v) is 26.3. The number of ether oxygens (including phenoxy) is 1. The largest absolute Gasteiger partial charge is 0.412 e. The van der Waals surface area contributed by atoms with Gasteiger partial charge < -0.3 is 15.3 Å². The van der Waals surface area contributed by atoms with Gasteiger partial charge in [0.2, 0.25) is 0 Å². The van der Waals surface area contributed by atoms with E-state index in [-0.39, 0.29) is 12.1 Å². The number of aryl methyl sites for hydroxylation is 4. The van der Waals surface area contributed by atoms with Crippen LogP contribution in [0.4, 0.5) is 11.6 Å². The van der Waals surface area contributed by atoms with Gasteiger partial charge in [-0.25, -0.2) is 0 Å². The van der Waals surface area contributed by atoms with Crippen LogP contribution >= 0.6 is 0 Å². The van der Waals surface area contributed by atoms with E-state index < -0.39 is 17.9 Å². The summed E-state index contributed by atoms with van der Waals surface area (Å²) in [7, 11) is 0. The Morgan fingerprint density at radius 1 is 0.451 bits per heavy atom. The number of aromatic nitrogens is 2. The fourth-order valence-corrected chi connectivity index (χ4v) is 13.6. The monoisotopic (exact) mass is 987 g/mol. The third kappa shape index (κ3) is 7.23. The van der Waals surface area contributed by atoms with Crippen molar-refractivity contribution in [3.8, 4) is 0 Å². The molecule has 10 aromatic rings. The molecule has 347 valence electrons. The molecule has 11 nitrogen and oxygen atoms in total. The molecule has 71 heavy (non-hydrogen) atoms. The second-order valence-electron chi connectivity index (χ2n) is 19.4. The van der Waals surface area contributed by atoms with Crippen LogP contribution in [0.1, 0.15) is 64.8 Å². The van der Waals surface area contributed by atoms with E-state index in [0.717, 1.165) is 101 Å². The summed E-state index contributed by atoms with van der Waals surface area (Å²) in [6.45, 7) is 14.4. The van der Waals surface area contributed by atoms with Crippen LogP contribution in [0.2, 0.25) is 0 Å². The van der Waals surface area contributed by atoms with Crippen LogP contribution < -0.4 is 11.0 Å². The summed E-state index contributed by atoms with van der Waals surface area (Å²) in [6, 6.07) is 44.2. The van der Waals surface area contributed by atoms with Crippen molar-refractivity contribution < 1.29 is 15.3 Å². The summed E-state index contributed by atoms with van der Waals surface area (Å²) in [5, 5.41) is 21.9. The number of fused-ring (bicyclic) bond motifs is 18. The van der Waals surface area contributed by atoms with Crippen molar-refractivity contribution >= 4 is 118 Å². The van der Waals surface area contributed by atoms with Crippen LogP contribution in [0, 0.1) is 33.6 Å². The Morgan fingerprint density at radius 3 is 1.32 bits per heavy atom. The van der Waals surface area contributed by atoms with Gasteiger partial charge in [0.05, 0.1) is 13.2 Å². The molecule has 14 rings (SSSR count).